The highest BCUT2D eigenvalue weighted by Crippen LogP contribution is 2.24. The van der Waals surface area contributed by atoms with E-state index >= 15 is 0 Å². The zero-order chi connectivity index (χ0) is 17.2. The van der Waals surface area contributed by atoms with E-state index in [4.69, 9.17) is 9.47 Å². The van der Waals surface area contributed by atoms with Crippen LogP contribution in [0.2, 0.25) is 0 Å². The van der Waals surface area contributed by atoms with Crippen LogP contribution in [0.25, 0.3) is 0 Å². The Bertz CT molecular complexity index is 368. The van der Waals surface area contributed by atoms with Crippen LogP contribution in [0.1, 0.15) is 27.2 Å². The zero-order valence-corrected chi connectivity index (χ0v) is 14.0. The standard InChI is InChI=1S/C13H21F3N2O2.C2H6/c1-4-10(12(17-2)13(14,15)16)20-8-9-7-18-6-5-11(9)19-3;1-2/h4,9,11,18H,5-8H2,1-3H3;1-2H3/b10-4+,17-12?;. The lowest BCUT2D eigenvalue weighted by Crippen LogP contribution is -2.43. The lowest BCUT2D eigenvalue weighted by molar-refractivity contribution is -0.0618. The first kappa shape index (κ1) is 20.9. The first-order valence-electron chi connectivity index (χ1n) is 7.51. The van der Waals surface area contributed by atoms with E-state index in [2.05, 4.69) is 10.3 Å². The normalized spacial score (nSPS) is 23.6. The molecule has 1 saturated heterocycles. The Hall–Kier alpha value is -1.08. The Morgan fingerprint density at radius 2 is 2.00 bits per heavy atom. The number of allylic oxidation sites excluding steroid dienone is 2. The zero-order valence-electron chi connectivity index (χ0n) is 14.0. The van der Waals surface area contributed by atoms with Crippen LogP contribution >= 0.6 is 0 Å². The molecule has 7 heteroatoms. The van der Waals surface area contributed by atoms with Crippen molar-refractivity contribution in [1.29, 1.82) is 0 Å². The molecule has 0 aliphatic carbocycles. The molecule has 0 aromatic rings. The molecular weight excluding hydrogens is 297 g/mol. The minimum absolute atomic E-state index is 0.00209. The highest BCUT2D eigenvalue weighted by molar-refractivity contribution is 6.02. The first-order valence-corrected chi connectivity index (χ1v) is 7.51. The van der Waals surface area contributed by atoms with Crippen LogP contribution in [0.15, 0.2) is 16.8 Å². The summed E-state index contributed by atoms with van der Waals surface area (Å²) in [6.07, 6.45) is -2.40. The van der Waals surface area contributed by atoms with Gasteiger partial charge >= 0.3 is 6.18 Å². The average Bonchev–Trinajstić information content (AvgIpc) is 2.52. The van der Waals surface area contributed by atoms with Crippen molar-refractivity contribution in [3.8, 4) is 0 Å². The summed E-state index contributed by atoms with van der Waals surface area (Å²) in [7, 11) is 2.71. The molecule has 0 aromatic carbocycles. The van der Waals surface area contributed by atoms with Crippen LogP contribution in [0.4, 0.5) is 13.2 Å². The van der Waals surface area contributed by atoms with Crippen molar-refractivity contribution in [2.45, 2.75) is 39.5 Å². The fraction of sp³-hybridized carbons (Fsp3) is 0.800. The summed E-state index contributed by atoms with van der Waals surface area (Å²) in [6, 6.07) is 0. The number of piperidine rings is 1. The minimum Gasteiger partial charge on any atom is -0.491 e. The van der Waals surface area contributed by atoms with Gasteiger partial charge in [-0.3, -0.25) is 4.99 Å². The van der Waals surface area contributed by atoms with Crippen LogP contribution in [0.5, 0.6) is 0 Å². The molecule has 4 nitrogen and oxygen atoms in total. The number of alkyl halides is 3. The number of methoxy groups -OCH3 is 1. The van der Waals surface area contributed by atoms with Gasteiger partial charge in [0, 0.05) is 26.6 Å². The second kappa shape index (κ2) is 10.6. The Labute approximate surface area is 130 Å². The quantitative estimate of drug-likeness (QED) is 0.624. The summed E-state index contributed by atoms with van der Waals surface area (Å²) in [4.78, 5) is 3.28. The minimum atomic E-state index is -4.51. The highest BCUT2D eigenvalue weighted by atomic mass is 19.4. The summed E-state index contributed by atoms with van der Waals surface area (Å²) < 4.78 is 49.0. The van der Waals surface area contributed by atoms with Gasteiger partial charge in [0.25, 0.3) is 0 Å². The van der Waals surface area contributed by atoms with E-state index in [1.807, 2.05) is 13.8 Å². The number of halogens is 3. The molecule has 0 spiro atoms. The van der Waals surface area contributed by atoms with Crippen LogP contribution in [0.3, 0.4) is 0 Å². The van der Waals surface area contributed by atoms with E-state index in [9.17, 15) is 13.2 Å². The van der Waals surface area contributed by atoms with Gasteiger partial charge in [0.05, 0.1) is 12.7 Å². The molecular formula is C15H27F3N2O2. The lowest BCUT2D eigenvalue weighted by atomic mass is 9.97. The van der Waals surface area contributed by atoms with Gasteiger partial charge in [-0.2, -0.15) is 13.2 Å². The molecule has 0 aromatic heterocycles. The third-order valence-electron chi connectivity index (χ3n) is 3.28. The predicted molar refractivity (Wildman–Crippen MR) is 82.2 cm³/mol. The molecule has 130 valence electrons. The van der Waals surface area contributed by atoms with Crippen molar-refractivity contribution in [3.63, 3.8) is 0 Å². The van der Waals surface area contributed by atoms with Gasteiger partial charge in [-0.05, 0) is 26.0 Å². The molecule has 1 fully saturated rings. The molecule has 1 heterocycles. The smallest absolute Gasteiger partial charge is 0.436 e. The van der Waals surface area contributed by atoms with E-state index < -0.39 is 11.9 Å². The maximum atomic E-state index is 12.8. The maximum absolute atomic E-state index is 12.8. The Morgan fingerprint density at radius 1 is 1.36 bits per heavy atom. The number of hydrogen-bond donors (Lipinski definition) is 1. The van der Waals surface area contributed by atoms with Gasteiger partial charge in [-0.15, -0.1) is 0 Å². The number of hydrogen-bond acceptors (Lipinski definition) is 4. The van der Waals surface area contributed by atoms with Crippen molar-refractivity contribution in [1.82, 2.24) is 5.32 Å². The molecule has 1 aliphatic heterocycles. The molecule has 0 saturated carbocycles. The number of rotatable bonds is 5. The third-order valence-corrected chi connectivity index (χ3v) is 3.28. The SMILES string of the molecule is C/C=C(/OCC1CNCCC1OC)C(=NC)C(F)(F)F.CC. The van der Waals surface area contributed by atoms with E-state index in [1.54, 1.807) is 7.11 Å². The molecule has 1 N–H and O–H groups in total. The van der Waals surface area contributed by atoms with Crippen molar-refractivity contribution in [3.05, 3.63) is 11.8 Å². The fourth-order valence-corrected chi connectivity index (χ4v) is 2.24. The van der Waals surface area contributed by atoms with Crippen molar-refractivity contribution in [2.24, 2.45) is 10.9 Å². The summed E-state index contributed by atoms with van der Waals surface area (Å²) in [6.45, 7) is 7.18. The summed E-state index contributed by atoms with van der Waals surface area (Å²) >= 11 is 0. The monoisotopic (exact) mass is 324 g/mol. The second-order valence-corrected chi connectivity index (χ2v) is 4.56. The van der Waals surface area contributed by atoms with Gasteiger partial charge < -0.3 is 14.8 Å². The summed E-state index contributed by atoms with van der Waals surface area (Å²) in [5.41, 5.74) is -0.988. The van der Waals surface area contributed by atoms with Gasteiger partial charge in [-0.25, -0.2) is 0 Å². The Kier molecular flexibility index (Phi) is 10.1. The first-order chi connectivity index (χ1) is 10.4. The molecule has 2 atom stereocenters. The number of nitrogens with zero attached hydrogens (tertiary/aromatic N) is 1. The highest BCUT2D eigenvalue weighted by Gasteiger charge is 2.39. The van der Waals surface area contributed by atoms with Crippen molar-refractivity contribution >= 4 is 5.71 Å². The van der Waals surface area contributed by atoms with Crippen LogP contribution in [0, 0.1) is 5.92 Å². The Balaban J connectivity index is 0.00000211. The molecule has 1 aliphatic rings. The predicted octanol–water partition coefficient (Wildman–Crippen LogP) is 3.19. The molecule has 2 unspecified atom stereocenters. The maximum Gasteiger partial charge on any atom is 0.436 e. The molecule has 0 bridgehead atoms. The van der Waals surface area contributed by atoms with Crippen LogP contribution in [-0.2, 0) is 9.47 Å². The van der Waals surface area contributed by atoms with Gasteiger partial charge in [-0.1, -0.05) is 13.8 Å². The summed E-state index contributed by atoms with van der Waals surface area (Å²) in [5, 5.41) is 3.18. The number of nitrogens with one attached hydrogen (secondary N) is 1. The van der Waals surface area contributed by atoms with Crippen molar-refractivity contribution < 1.29 is 22.6 Å². The van der Waals surface area contributed by atoms with Crippen molar-refractivity contribution in [2.75, 3.05) is 33.9 Å². The topological polar surface area (TPSA) is 42.8 Å². The molecule has 1 rings (SSSR count). The van der Waals surface area contributed by atoms with Gasteiger partial charge in [0.2, 0.25) is 0 Å². The largest absolute Gasteiger partial charge is 0.491 e. The number of aliphatic imine (C=N–C) groups is 1. The third kappa shape index (κ3) is 6.36. The molecule has 0 radical (unpaired) electrons. The van der Waals surface area contributed by atoms with Crippen LogP contribution < -0.4 is 5.32 Å². The van der Waals surface area contributed by atoms with Gasteiger partial charge in [0.15, 0.2) is 5.71 Å². The van der Waals surface area contributed by atoms with Crippen LogP contribution in [-0.4, -0.2) is 51.8 Å². The van der Waals surface area contributed by atoms with E-state index in [0.29, 0.717) is 6.54 Å². The fourth-order valence-electron chi connectivity index (χ4n) is 2.24. The Morgan fingerprint density at radius 3 is 2.45 bits per heavy atom. The van der Waals surface area contributed by atoms with E-state index in [0.717, 1.165) is 20.0 Å². The van der Waals surface area contributed by atoms with E-state index in [-0.39, 0.29) is 24.4 Å². The molecule has 0 amide bonds. The van der Waals surface area contributed by atoms with E-state index in [1.165, 1.54) is 13.0 Å². The molecule has 22 heavy (non-hydrogen) atoms. The summed E-state index contributed by atoms with van der Waals surface area (Å²) in [5.74, 6) is -0.213. The average molecular weight is 324 g/mol. The second-order valence-electron chi connectivity index (χ2n) is 4.56. The number of ether oxygens (including phenoxy) is 2. The lowest BCUT2D eigenvalue weighted by Gasteiger charge is -2.31. The van der Waals surface area contributed by atoms with Gasteiger partial charge in [0.1, 0.15) is 5.76 Å².